The van der Waals surface area contributed by atoms with E-state index in [4.69, 9.17) is 11.5 Å². The van der Waals surface area contributed by atoms with Gasteiger partial charge in [0.1, 0.15) is 5.00 Å². The van der Waals surface area contributed by atoms with Crippen LogP contribution in [0.15, 0.2) is 0 Å². The SMILES string of the molecule is CC(=O)c1sc(N2CCCC2)c(C(N)=O)c1N. The van der Waals surface area contributed by atoms with Crippen LogP contribution in [0.2, 0.25) is 0 Å². The van der Waals surface area contributed by atoms with E-state index < -0.39 is 5.91 Å². The quantitative estimate of drug-likeness (QED) is 0.793. The molecule has 1 aromatic heterocycles. The molecule has 0 saturated carbocycles. The van der Waals surface area contributed by atoms with E-state index in [0.717, 1.165) is 30.9 Å². The second kappa shape index (κ2) is 4.37. The summed E-state index contributed by atoms with van der Waals surface area (Å²) in [5.41, 5.74) is 11.7. The van der Waals surface area contributed by atoms with Gasteiger partial charge in [-0.3, -0.25) is 9.59 Å². The molecule has 1 aliphatic heterocycles. The highest BCUT2D eigenvalue weighted by atomic mass is 32.1. The first-order valence-electron chi connectivity index (χ1n) is 5.50. The lowest BCUT2D eigenvalue weighted by atomic mass is 10.2. The fourth-order valence-electron chi connectivity index (χ4n) is 2.07. The van der Waals surface area contributed by atoms with Crippen LogP contribution in [0.25, 0.3) is 0 Å². The maximum Gasteiger partial charge on any atom is 0.253 e. The molecular formula is C11H15N3O2S. The Morgan fingerprint density at radius 3 is 2.35 bits per heavy atom. The number of amides is 1. The molecule has 0 aliphatic carbocycles. The number of rotatable bonds is 3. The van der Waals surface area contributed by atoms with Crippen LogP contribution in [-0.4, -0.2) is 24.8 Å². The lowest BCUT2D eigenvalue weighted by Crippen LogP contribution is -2.21. The molecular weight excluding hydrogens is 238 g/mol. The van der Waals surface area contributed by atoms with Crippen molar-refractivity contribution in [3.63, 3.8) is 0 Å². The summed E-state index contributed by atoms with van der Waals surface area (Å²) in [5.74, 6) is -0.686. The molecule has 5 nitrogen and oxygen atoms in total. The normalized spacial score (nSPS) is 15.2. The minimum atomic E-state index is -0.562. The number of thiophene rings is 1. The first kappa shape index (κ1) is 11.9. The number of hydrogen-bond acceptors (Lipinski definition) is 5. The van der Waals surface area contributed by atoms with Crippen molar-refractivity contribution < 1.29 is 9.59 Å². The average Bonchev–Trinajstić information content (AvgIpc) is 2.82. The molecule has 2 heterocycles. The van der Waals surface area contributed by atoms with Crippen molar-refractivity contribution in [3.05, 3.63) is 10.4 Å². The number of hydrogen-bond donors (Lipinski definition) is 2. The summed E-state index contributed by atoms with van der Waals surface area (Å²) in [7, 11) is 0. The molecule has 0 radical (unpaired) electrons. The number of ketones is 1. The molecule has 0 unspecified atom stereocenters. The summed E-state index contributed by atoms with van der Waals surface area (Å²) in [6.45, 7) is 3.22. The minimum absolute atomic E-state index is 0.125. The van der Waals surface area contributed by atoms with Crippen LogP contribution >= 0.6 is 11.3 Å². The molecule has 0 spiro atoms. The number of nitrogens with zero attached hydrogens (tertiary/aromatic N) is 1. The van der Waals surface area contributed by atoms with Gasteiger partial charge in [-0.05, 0) is 12.8 Å². The molecule has 0 bridgehead atoms. The smallest absolute Gasteiger partial charge is 0.253 e. The Bertz CT molecular complexity index is 475. The summed E-state index contributed by atoms with van der Waals surface area (Å²) in [6, 6.07) is 0. The summed E-state index contributed by atoms with van der Waals surface area (Å²) in [4.78, 5) is 25.4. The number of nitrogens with two attached hydrogens (primary N) is 2. The van der Waals surface area contributed by atoms with E-state index in [1.807, 2.05) is 0 Å². The van der Waals surface area contributed by atoms with Gasteiger partial charge in [0, 0.05) is 20.0 Å². The Kier molecular flexibility index (Phi) is 3.06. The van der Waals surface area contributed by atoms with E-state index in [2.05, 4.69) is 4.90 Å². The third-order valence-corrected chi connectivity index (χ3v) is 4.25. The molecule has 2 rings (SSSR count). The van der Waals surface area contributed by atoms with E-state index in [9.17, 15) is 9.59 Å². The topological polar surface area (TPSA) is 89.4 Å². The fourth-order valence-corrected chi connectivity index (χ4v) is 3.25. The number of carbonyl (C=O) groups excluding carboxylic acids is 2. The van der Waals surface area contributed by atoms with Crippen molar-refractivity contribution in [2.45, 2.75) is 19.8 Å². The van der Waals surface area contributed by atoms with E-state index in [-0.39, 0.29) is 11.5 Å². The van der Waals surface area contributed by atoms with Gasteiger partial charge in [0.15, 0.2) is 5.78 Å². The Labute approximate surface area is 103 Å². The standard InChI is InChI=1S/C11H15N3O2S/c1-6(15)9-8(12)7(10(13)16)11(17-9)14-4-2-3-5-14/h2-5,12H2,1H3,(H2,13,16). The second-order valence-corrected chi connectivity index (χ2v) is 5.14. The van der Waals surface area contributed by atoms with Gasteiger partial charge in [-0.15, -0.1) is 11.3 Å². The van der Waals surface area contributed by atoms with Crippen LogP contribution in [-0.2, 0) is 0 Å². The average molecular weight is 253 g/mol. The van der Waals surface area contributed by atoms with Crippen LogP contribution in [0.3, 0.4) is 0 Å². The van der Waals surface area contributed by atoms with Crippen LogP contribution in [0.1, 0.15) is 39.8 Å². The molecule has 1 saturated heterocycles. The van der Waals surface area contributed by atoms with Crippen molar-refractivity contribution in [1.29, 1.82) is 0 Å². The lowest BCUT2D eigenvalue weighted by molar-refractivity contribution is 0.100. The summed E-state index contributed by atoms with van der Waals surface area (Å²) < 4.78 is 0. The largest absolute Gasteiger partial charge is 0.397 e. The monoisotopic (exact) mass is 253 g/mol. The maximum absolute atomic E-state index is 11.4. The molecule has 1 amide bonds. The maximum atomic E-state index is 11.4. The van der Waals surface area contributed by atoms with Crippen LogP contribution < -0.4 is 16.4 Å². The van der Waals surface area contributed by atoms with Gasteiger partial charge >= 0.3 is 0 Å². The predicted octanol–water partition coefficient (Wildman–Crippen LogP) is 1.23. The van der Waals surface area contributed by atoms with E-state index in [1.54, 1.807) is 0 Å². The minimum Gasteiger partial charge on any atom is -0.397 e. The van der Waals surface area contributed by atoms with Crippen molar-refractivity contribution >= 4 is 33.7 Å². The van der Waals surface area contributed by atoms with Crippen LogP contribution in [0, 0.1) is 0 Å². The molecule has 6 heteroatoms. The molecule has 0 aromatic carbocycles. The van der Waals surface area contributed by atoms with Crippen molar-refractivity contribution in [3.8, 4) is 0 Å². The molecule has 92 valence electrons. The first-order chi connectivity index (χ1) is 8.02. The third kappa shape index (κ3) is 2.00. The first-order valence-corrected chi connectivity index (χ1v) is 6.32. The van der Waals surface area contributed by atoms with Gasteiger partial charge in [0.25, 0.3) is 5.91 Å². The Balaban J connectivity index is 2.52. The number of primary amides is 1. The van der Waals surface area contributed by atoms with Gasteiger partial charge in [0.05, 0.1) is 16.1 Å². The lowest BCUT2D eigenvalue weighted by Gasteiger charge is -2.16. The fraction of sp³-hybridized carbons (Fsp3) is 0.455. The van der Waals surface area contributed by atoms with Crippen molar-refractivity contribution in [2.75, 3.05) is 23.7 Å². The zero-order valence-electron chi connectivity index (χ0n) is 9.66. The van der Waals surface area contributed by atoms with Gasteiger partial charge < -0.3 is 16.4 Å². The summed E-state index contributed by atoms with van der Waals surface area (Å²) in [5, 5.41) is 0.748. The Hall–Kier alpha value is -1.56. The second-order valence-electron chi connectivity index (χ2n) is 4.14. The van der Waals surface area contributed by atoms with Crippen LogP contribution in [0.4, 0.5) is 10.7 Å². The molecule has 1 aromatic rings. The van der Waals surface area contributed by atoms with E-state index >= 15 is 0 Å². The molecule has 4 N–H and O–H groups in total. The highest BCUT2D eigenvalue weighted by molar-refractivity contribution is 7.19. The van der Waals surface area contributed by atoms with Crippen LogP contribution in [0.5, 0.6) is 0 Å². The molecule has 1 fully saturated rings. The van der Waals surface area contributed by atoms with Gasteiger partial charge in [-0.1, -0.05) is 0 Å². The summed E-state index contributed by atoms with van der Waals surface area (Å²) >= 11 is 1.27. The predicted molar refractivity (Wildman–Crippen MR) is 68.7 cm³/mol. The molecule has 0 atom stereocenters. The number of nitrogen functional groups attached to an aromatic ring is 1. The molecule has 1 aliphatic rings. The highest BCUT2D eigenvalue weighted by Gasteiger charge is 2.27. The van der Waals surface area contributed by atoms with E-state index in [0.29, 0.717) is 10.4 Å². The number of Topliss-reactive ketones (excluding diaryl/α,β-unsaturated/α-hetero) is 1. The molecule has 17 heavy (non-hydrogen) atoms. The van der Waals surface area contributed by atoms with Crippen molar-refractivity contribution in [1.82, 2.24) is 0 Å². The van der Waals surface area contributed by atoms with Gasteiger partial charge in [0.2, 0.25) is 0 Å². The Morgan fingerprint density at radius 2 is 1.88 bits per heavy atom. The van der Waals surface area contributed by atoms with Gasteiger partial charge in [-0.2, -0.15) is 0 Å². The number of carbonyl (C=O) groups is 2. The zero-order chi connectivity index (χ0) is 12.6. The van der Waals surface area contributed by atoms with Gasteiger partial charge in [-0.25, -0.2) is 0 Å². The third-order valence-electron chi connectivity index (χ3n) is 2.89. The Morgan fingerprint density at radius 1 is 1.29 bits per heavy atom. The number of anilines is 2. The summed E-state index contributed by atoms with van der Waals surface area (Å²) in [6.07, 6.45) is 2.18. The zero-order valence-corrected chi connectivity index (χ0v) is 10.5. The van der Waals surface area contributed by atoms with Crippen molar-refractivity contribution in [2.24, 2.45) is 5.73 Å². The highest BCUT2D eigenvalue weighted by Crippen LogP contribution is 2.39. The van der Waals surface area contributed by atoms with E-state index in [1.165, 1.54) is 18.3 Å².